The van der Waals surface area contributed by atoms with Crippen LogP contribution < -0.4 is 10.1 Å². The van der Waals surface area contributed by atoms with Crippen molar-refractivity contribution in [3.05, 3.63) is 64.2 Å². The van der Waals surface area contributed by atoms with Gasteiger partial charge in [-0.15, -0.1) is 0 Å². The van der Waals surface area contributed by atoms with Crippen LogP contribution in [0.5, 0.6) is 5.75 Å². The molecule has 1 aliphatic rings. The molecule has 3 rings (SSSR count). The highest BCUT2D eigenvalue weighted by Crippen LogP contribution is 2.32. The predicted octanol–water partition coefficient (Wildman–Crippen LogP) is 4.75. The highest BCUT2D eigenvalue weighted by Gasteiger charge is 2.28. The molecular formula is C27H36ClNO4. The van der Waals surface area contributed by atoms with E-state index in [1.54, 1.807) is 19.1 Å². The Morgan fingerprint density at radius 1 is 1.21 bits per heavy atom. The molecule has 6 heteroatoms. The number of nitrogens with one attached hydrogen (secondary N) is 1. The number of β-amino-alcohol motifs (C(OH)–C–C–N with tert-alkyl or cyclic N) is 1. The molecule has 0 amide bonds. The van der Waals surface area contributed by atoms with E-state index in [-0.39, 0.29) is 18.1 Å². The Bertz CT molecular complexity index is 905. The molecule has 0 aliphatic heterocycles. The molecule has 2 aromatic rings. The summed E-state index contributed by atoms with van der Waals surface area (Å²) in [4.78, 5) is 11.5. The third kappa shape index (κ3) is 8.02. The highest BCUT2D eigenvalue weighted by molar-refractivity contribution is 6.32. The van der Waals surface area contributed by atoms with Gasteiger partial charge in [-0.1, -0.05) is 41.9 Å². The standard InChI is InChI=1S/C27H36ClNO4/c1-4-32-26(31)12-10-19-9-11-25(24(28)15-19)33-18-23(30)17-29-27(2,3)16-20-13-21-7-5-6-8-22(21)14-20/h5-9,11,15,20,23,29-30H,4,10,12-14,16-18H2,1-3H3. The van der Waals surface area contributed by atoms with Gasteiger partial charge in [0.05, 0.1) is 11.6 Å². The van der Waals surface area contributed by atoms with Gasteiger partial charge in [0, 0.05) is 18.5 Å². The lowest BCUT2D eigenvalue weighted by Crippen LogP contribution is -2.46. The van der Waals surface area contributed by atoms with E-state index in [1.807, 2.05) is 6.07 Å². The summed E-state index contributed by atoms with van der Waals surface area (Å²) in [7, 11) is 0. The molecular weight excluding hydrogens is 438 g/mol. The Labute approximate surface area is 202 Å². The first kappa shape index (κ1) is 25.5. The Morgan fingerprint density at radius 3 is 2.55 bits per heavy atom. The third-order valence-corrected chi connectivity index (χ3v) is 6.40. The van der Waals surface area contributed by atoms with Crippen molar-refractivity contribution in [3.63, 3.8) is 0 Å². The lowest BCUT2D eigenvalue weighted by Gasteiger charge is -2.30. The van der Waals surface area contributed by atoms with Crippen LogP contribution in [0.25, 0.3) is 0 Å². The van der Waals surface area contributed by atoms with Crippen molar-refractivity contribution in [2.75, 3.05) is 19.8 Å². The summed E-state index contributed by atoms with van der Waals surface area (Å²) in [5, 5.41) is 14.4. The zero-order valence-corrected chi connectivity index (χ0v) is 20.7. The number of fused-ring (bicyclic) bond motifs is 1. The van der Waals surface area contributed by atoms with Crippen molar-refractivity contribution in [1.29, 1.82) is 0 Å². The van der Waals surface area contributed by atoms with Crippen molar-refractivity contribution in [2.45, 2.75) is 64.5 Å². The van der Waals surface area contributed by atoms with E-state index in [0.29, 0.717) is 42.7 Å². The minimum absolute atomic E-state index is 0.0775. The van der Waals surface area contributed by atoms with Crippen molar-refractivity contribution < 1.29 is 19.4 Å². The zero-order valence-electron chi connectivity index (χ0n) is 19.9. The maximum Gasteiger partial charge on any atom is 0.306 e. The number of hydrogen-bond donors (Lipinski definition) is 2. The SMILES string of the molecule is CCOC(=O)CCc1ccc(OCC(O)CNC(C)(C)CC2Cc3ccccc3C2)c(Cl)c1. The van der Waals surface area contributed by atoms with Crippen molar-refractivity contribution in [1.82, 2.24) is 5.32 Å². The number of aryl methyl sites for hydroxylation is 1. The van der Waals surface area contributed by atoms with Crippen molar-refractivity contribution in [2.24, 2.45) is 5.92 Å². The minimum atomic E-state index is -0.649. The summed E-state index contributed by atoms with van der Waals surface area (Å²) in [6, 6.07) is 14.2. The first-order valence-corrected chi connectivity index (χ1v) is 12.2. The van der Waals surface area contributed by atoms with Crippen LogP contribution in [-0.4, -0.2) is 42.5 Å². The lowest BCUT2D eigenvalue weighted by atomic mass is 9.88. The van der Waals surface area contributed by atoms with Crippen LogP contribution in [0.4, 0.5) is 0 Å². The predicted molar refractivity (Wildman–Crippen MR) is 132 cm³/mol. The van der Waals surface area contributed by atoms with Crippen LogP contribution in [0.3, 0.4) is 0 Å². The normalized spacial score (nSPS) is 14.7. The Kier molecular flexibility index (Phi) is 9.19. The van der Waals surface area contributed by atoms with Crippen molar-refractivity contribution in [3.8, 4) is 5.75 Å². The number of aliphatic hydroxyl groups is 1. The van der Waals surface area contributed by atoms with E-state index in [2.05, 4.69) is 43.4 Å². The van der Waals surface area contributed by atoms with Gasteiger partial charge in [-0.3, -0.25) is 4.79 Å². The zero-order chi connectivity index (χ0) is 23.8. The summed E-state index contributed by atoms with van der Waals surface area (Å²) in [5.41, 5.74) is 3.80. The first-order valence-electron chi connectivity index (χ1n) is 11.8. The number of esters is 1. The fourth-order valence-electron chi connectivity index (χ4n) is 4.52. The van der Waals surface area contributed by atoms with Gasteiger partial charge in [0.15, 0.2) is 0 Å². The number of aliphatic hydroxyl groups excluding tert-OH is 1. The van der Waals surface area contributed by atoms with Crippen LogP contribution in [0.2, 0.25) is 5.02 Å². The molecule has 1 unspecified atom stereocenters. The average Bonchev–Trinajstić information content (AvgIpc) is 3.17. The Balaban J connectivity index is 1.40. The number of carbonyl (C=O) groups excluding carboxylic acids is 1. The summed E-state index contributed by atoms with van der Waals surface area (Å²) in [5.74, 6) is 0.933. The topological polar surface area (TPSA) is 67.8 Å². The quantitative estimate of drug-likeness (QED) is 0.435. The smallest absolute Gasteiger partial charge is 0.306 e. The molecule has 180 valence electrons. The average molecular weight is 474 g/mol. The number of carbonyl (C=O) groups is 1. The van der Waals surface area contributed by atoms with Crippen LogP contribution in [-0.2, 0) is 28.8 Å². The molecule has 0 aromatic heterocycles. The van der Waals surface area contributed by atoms with E-state index in [1.165, 1.54) is 11.1 Å². The molecule has 0 heterocycles. The van der Waals surface area contributed by atoms with Crippen LogP contribution in [0, 0.1) is 5.92 Å². The van der Waals surface area contributed by atoms with Gasteiger partial charge in [0.2, 0.25) is 0 Å². The molecule has 33 heavy (non-hydrogen) atoms. The maximum atomic E-state index is 11.5. The fraction of sp³-hybridized carbons (Fsp3) is 0.519. The maximum absolute atomic E-state index is 11.5. The van der Waals surface area contributed by atoms with Gasteiger partial charge in [0.1, 0.15) is 18.5 Å². The Hall–Kier alpha value is -2.08. The molecule has 0 radical (unpaired) electrons. The molecule has 0 bridgehead atoms. The molecule has 2 N–H and O–H groups in total. The lowest BCUT2D eigenvalue weighted by molar-refractivity contribution is -0.143. The summed E-state index contributed by atoms with van der Waals surface area (Å²) < 4.78 is 10.7. The van der Waals surface area contributed by atoms with Gasteiger partial charge in [0.25, 0.3) is 0 Å². The van der Waals surface area contributed by atoms with Gasteiger partial charge in [-0.2, -0.15) is 0 Å². The number of ether oxygens (including phenoxy) is 2. The molecule has 1 atom stereocenters. The number of rotatable bonds is 12. The molecule has 5 nitrogen and oxygen atoms in total. The monoisotopic (exact) mass is 473 g/mol. The Morgan fingerprint density at radius 2 is 1.91 bits per heavy atom. The largest absolute Gasteiger partial charge is 0.489 e. The van der Waals surface area contributed by atoms with E-state index in [9.17, 15) is 9.90 Å². The summed E-state index contributed by atoms with van der Waals surface area (Å²) in [6.45, 7) is 7.16. The van der Waals surface area contributed by atoms with Crippen LogP contribution in [0.1, 0.15) is 50.3 Å². The number of halogens is 1. The van der Waals surface area contributed by atoms with E-state index < -0.39 is 6.10 Å². The second-order valence-electron chi connectivity index (χ2n) is 9.55. The number of hydrogen-bond acceptors (Lipinski definition) is 5. The molecule has 2 aromatic carbocycles. The molecule has 0 saturated heterocycles. The highest BCUT2D eigenvalue weighted by atomic mass is 35.5. The van der Waals surface area contributed by atoms with E-state index in [0.717, 1.165) is 24.8 Å². The molecule has 0 spiro atoms. The summed E-state index contributed by atoms with van der Waals surface area (Å²) >= 11 is 6.33. The van der Waals surface area contributed by atoms with Crippen molar-refractivity contribution >= 4 is 17.6 Å². The second-order valence-corrected chi connectivity index (χ2v) is 9.95. The van der Waals surface area contributed by atoms with Crippen LogP contribution >= 0.6 is 11.6 Å². The fourth-order valence-corrected chi connectivity index (χ4v) is 4.78. The number of benzene rings is 2. The minimum Gasteiger partial charge on any atom is -0.489 e. The van der Waals surface area contributed by atoms with Gasteiger partial charge in [-0.05, 0) is 81.2 Å². The van der Waals surface area contributed by atoms with Gasteiger partial charge < -0.3 is 19.9 Å². The second kappa shape index (κ2) is 11.9. The molecule has 0 fully saturated rings. The van der Waals surface area contributed by atoms with Gasteiger partial charge >= 0.3 is 5.97 Å². The third-order valence-electron chi connectivity index (χ3n) is 6.10. The van der Waals surface area contributed by atoms with E-state index in [4.69, 9.17) is 21.1 Å². The first-order chi connectivity index (χ1) is 15.8. The molecule has 0 saturated carbocycles. The van der Waals surface area contributed by atoms with Gasteiger partial charge in [-0.25, -0.2) is 0 Å². The van der Waals surface area contributed by atoms with E-state index >= 15 is 0 Å². The summed E-state index contributed by atoms with van der Waals surface area (Å²) in [6.07, 6.45) is 3.53. The van der Waals surface area contributed by atoms with Crippen LogP contribution in [0.15, 0.2) is 42.5 Å². The molecule has 1 aliphatic carbocycles.